The lowest BCUT2D eigenvalue weighted by Gasteiger charge is -2.41. The number of hydrogen-bond acceptors (Lipinski definition) is 4. The summed E-state index contributed by atoms with van der Waals surface area (Å²) in [4.78, 5) is 19.5. The number of aromatic hydroxyl groups is 1. The molecule has 1 atom stereocenters. The zero-order chi connectivity index (χ0) is 26.9. The van der Waals surface area contributed by atoms with Crippen molar-refractivity contribution in [3.8, 4) is 11.5 Å². The topological polar surface area (TPSA) is 56.2 Å². The Morgan fingerprint density at radius 2 is 1.50 bits per heavy atom. The van der Waals surface area contributed by atoms with Crippen LogP contribution < -0.4 is 9.64 Å². The van der Waals surface area contributed by atoms with E-state index in [-0.39, 0.29) is 11.8 Å². The molecule has 1 unspecified atom stereocenters. The van der Waals surface area contributed by atoms with Crippen molar-refractivity contribution >= 4 is 11.7 Å². The molecule has 2 fully saturated rings. The van der Waals surface area contributed by atoms with Gasteiger partial charge in [-0.3, -0.25) is 0 Å². The Kier molecular flexibility index (Phi) is 9.46. The average Bonchev–Trinajstić information content (AvgIpc) is 2.97. The number of urea groups is 1. The lowest BCUT2D eigenvalue weighted by atomic mass is 9.81. The van der Waals surface area contributed by atoms with Gasteiger partial charge in [-0.15, -0.1) is 0 Å². The van der Waals surface area contributed by atoms with Crippen LogP contribution in [0, 0.1) is 11.7 Å². The van der Waals surface area contributed by atoms with Crippen LogP contribution in [0.25, 0.3) is 0 Å². The summed E-state index contributed by atoms with van der Waals surface area (Å²) in [6.07, 6.45) is 2.17. The molecular weight excluding hydrogens is 481 g/mol. The zero-order valence-electron chi connectivity index (χ0n) is 22.3. The maximum Gasteiger partial charge on any atom is 0.320 e. The zero-order valence-corrected chi connectivity index (χ0v) is 22.3. The molecule has 7 heteroatoms. The number of halogens is 1. The normalized spacial score (nSPS) is 16.9. The summed E-state index contributed by atoms with van der Waals surface area (Å²) in [5.74, 6) is 1.65. The molecule has 0 aliphatic carbocycles. The summed E-state index contributed by atoms with van der Waals surface area (Å²) in [6, 6.07) is 24.3. The van der Waals surface area contributed by atoms with Gasteiger partial charge in [-0.2, -0.15) is 0 Å². The fourth-order valence-corrected chi connectivity index (χ4v) is 5.33. The van der Waals surface area contributed by atoms with Crippen LogP contribution in [0.5, 0.6) is 11.5 Å². The molecule has 2 heterocycles. The number of hydrogen-bond donors (Lipinski definition) is 1. The average molecular weight is 520 g/mol. The maximum absolute atomic E-state index is 13.1. The van der Waals surface area contributed by atoms with Crippen molar-refractivity contribution in [2.75, 3.05) is 51.3 Å². The fraction of sp³-hybridized carbons (Fsp3) is 0.387. The molecule has 0 radical (unpaired) electrons. The van der Waals surface area contributed by atoms with E-state index in [1.54, 1.807) is 7.11 Å². The number of methoxy groups -OCH3 is 1. The minimum Gasteiger partial charge on any atom is -0.508 e. The molecule has 1 N–H and O–H groups in total. The molecule has 3 aromatic rings. The Morgan fingerprint density at radius 1 is 0.868 bits per heavy atom. The highest BCUT2D eigenvalue weighted by Gasteiger charge is 2.31. The van der Waals surface area contributed by atoms with Crippen molar-refractivity contribution in [1.82, 2.24) is 9.80 Å². The van der Waals surface area contributed by atoms with Crippen molar-refractivity contribution in [3.63, 3.8) is 0 Å². The molecule has 5 rings (SSSR count). The van der Waals surface area contributed by atoms with Gasteiger partial charge in [0.05, 0.1) is 12.8 Å². The molecule has 6 nitrogen and oxygen atoms in total. The number of benzene rings is 3. The first-order chi connectivity index (χ1) is 18.5. The molecule has 38 heavy (non-hydrogen) atoms. The van der Waals surface area contributed by atoms with Crippen LogP contribution in [0.2, 0.25) is 0 Å². The molecule has 2 saturated heterocycles. The van der Waals surface area contributed by atoms with Gasteiger partial charge in [0.15, 0.2) is 0 Å². The summed E-state index contributed by atoms with van der Waals surface area (Å²) in [5, 5.41) is 8.57. The van der Waals surface area contributed by atoms with E-state index in [1.807, 2.05) is 23.1 Å². The summed E-state index contributed by atoms with van der Waals surface area (Å²) in [6.45, 7) is 7.27. The second kappa shape index (κ2) is 13.2. The van der Waals surface area contributed by atoms with Gasteiger partial charge in [-0.1, -0.05) is 55.5 Å². The quantitative estimate of drug-likeness (QED) is 0.461. The van der Waals surface area contributed by atoms with Crippen molar-refractivity contribution in [3.05, 3.63) is 90.2 Å². The number of piperidine rings is 1. The van der Waals surface area contributed by atoms with Gasteiger partial charge in [-0.25, -0.2) is 9.18 Å². The number of piperazine rings is 1. The lowest BCUT2D eigenvalue weighted by Crippen LogP contribution is -2.54. The van der Waals surface area contributed by atoms with E-state index in [0.717, 1.165) is 69.6 Å². The number of nitrogens with zero attached hydrogens (tertiary/aromatic N) is 3. The van der Waals surface area contributed by atoms with Gasteiger partial charge in [0.25, 0.3) is 0 Å². The van der Waals surface area contributed by atoms with Gasteiger partial charge >= 0.3 is 6.03 Å². The van der Waals surface area contributed by atoms with E-state index in [2.05, 4.69) is 53.1 Å². The van der Waals surface area contributed by atoms with E-state index in [4.69, 9.17) is 9.84 Å². The third-order valence-electron chi connectivity index (χ3n) is 7.63. The predicted molar refractivity (Wildman–Crippen MR) is 149 cm³/mol. The molecule has 2 aliphatic rings. The van der Waals surface area contributed by atoms with Crippen LogP contribution in [0.15, 0.2) is 78.9 Å². The second-order valence-electron chi connectivity index (χ2n) is 9.93. The van der Waals surface area contributed by atoms with Gasteiger partial charge in [0.2, 0.25) is 0 Å². The maximum atomic E-state index is 13.1. The first-order valence-electron chi connectivity index (χ1n) is 13.4. The number of phenolic OH excluding ortho intramolecular Hbond substituents is 1. The third-order valence-corrected chi connectivity index (χ3v) is 7.63. The Hall–Kier alpha value is -3.74. The highest BCUT2D eigenvalue weighted by Crippen LogP contribution is 2.33. The summed E-state index contributed by atoms with van der Waals surface area (Å²) < 4.78 is 17.5. The fourth-order valence-electron chi connectivity index (χ4n) is 5.33. The smallest absolute Gasteiger partial charge is 0.320 e. The number of para-hydroxylation sites is 2. The number of carbonyl (C=O) groups is 1. The van der Waals surface area contributed by atoms with Crippen molar-refractivity contribution in [2.24, 2.45) is 5.92 Å². The molecule has 0 saturated carbocycles. The van der Waals surface area contributed by atoms with E-state index < -0.39 is 5.82 Å². The predicted octanol–water partition coefficient (Wildman–Crippen LogP) is 5.98. The van der Waals surface area contributed by atoms with Crippen LogP contribution in [0.3, 0.4) is 0 Å². The Labute approximate surface area is 225 Å². The van der Waals surface area contributed by atoms with E-state index in [1.165, 1.54) is 23.8 Å². The highest BCUT2D eigenvalue weighted by atomic mass is 19.1. The number of carbonyl (C=O) groups excluding carboxylic acids is 1. The van der Waals surface area contributed by atoms with Crippen molar-refractivity contribution in [2.45, 2.75) is 25.7 Å². The number of anilines is 1. The number of phenols is 1. The summed E-state index contributed by atoms with van der Waals surface area (Å²) in [7, 11) is 1.71. The second-order valence-corrected chi connectivity index (χ2v) is 9.93. The SMILES string of the molecule is COc1ccccc1N1CCN(C(=O)N2CCC(C(C)c3ccccc3)CC2)CC1.Oc1cccc(F)c1. The van der Waals surface area contributed by atoms with Gasteiger partial charge in [0.1, 0.15) is 17.3 Å². The van der Waals surface area contributed by atoms with E-state index in [9.17, 15) is 9.18 Å². The Bertz CT molecular complexity index is 1140. The summed E-state index contributed by atoms with van der Waals surface area (Å²) in [5.41, 5.74) is 2.53. The van der Waals surface area contributed by atoms with Gasteiger partial charge in [0, 0.05) is 45.3 Å². The van der Waals surface area contributed by atoms with E-state index >= 15 is 0 Å². The largest absolute Gasteiger partial charge is 0.508 e. The van der Waals surface area contributed by atoms with Crippen LogP contribution in [-0.2, 0) is 0 Å². The molecule has 202 valence electrons. The molecule has 0 aromatic heterocycles. The van der Waals surface area contributed by atoms with Crippen LogP contribution >= 0.6 is 0 Å². The molecule has 3 aromatic carbocycles. The molecule has 0 bridgehead atoms. The number of ether oxygens (including phenoxy) is 1. The minimum absolute atomic E-state index is 0.0370. The Balaban J connectivity index is 0.000000360. The monoisotopic (exact) mass is 519 g/mol. The van der Waals surface area contributed by atoms with Crippen molar-refractivity contribution < 1.29 is 19.0 Å². The van der Waals surface area contributed by atoms with Crippen molar-refractivity contribution in [1.29, 1.82) is 0 Å². The summed E-state index contributed by atoms with van der Waals surface area (Å²) >= 11 is 0. The van der Waals surface area contributed by atoms with Gasteiger partial charge in [-0.05, 0) is 54.5 Å². The van der Waals surface area contributed by atoms with Crippen LogP contribution in [-0.4, -0.2) is 67.3 Å². The third kappa shape index (κ3) is 6.97. The van der Waals surface area contributed by atoms with Crippen LogP contribution in [0.4, 0.5) is 14.9 Å². The van der Waals surface area contributed by atoms with Crippen LogP contribution in [0.1, 0.15) is 31.2 Å². The molecule has 2 amide bonds. The minimum atomic E-state index is -0.412. The first-order valence-corrected chi connectivity index (χ1v) is 13.4. The lowest BCUT2D eigenvalue weighted by molar-refractivity contribution is 0.126. The van der Waals surface area contributed by atoms with E-state index in [0.29, 0.717) is 11.8 Å². The highest BCUT2D eigenvalue weighted by molar-refractivity contribution is 5.75. The Morgan fingerprint density at radius 3 is 2.11 bits per heavy atom. The van der Waals surface area contributed by atoms with Gasteiger partial charge < -0.3 is 24.5 Å². The first kappa shape index (κ1) is 27.3. The number of rotatable bonds is 4. The molecular formula is C31H38FN3O3. The molecule has 0 spiro atoms. The number of likely N-dealkylation sites (tertiary alicyclic amines) is 1. The molecule has 2 aliphatic heterocycles. The number of amides is 2. The standard InChI is InChI=1S/C25H33N3O2.C6H5FO/c1-20(21-8-4-3-5-9-21)22-12-14-27(15-13-22)25(29)28-18-16-26(17-19-28)23-10-6-7-11-24(23)30-2;7-5-2-1-3-6(8)4-5/h3-11,20,22H,12-19H2,1-2H3;1-4,8H.